The number of likely N-dealkylation sites (N-methyl/N-ethyl adjacent to an activating group) is 1. The largest absolute Gasteiger partial charge is 0.379 e. The molecule has 0 heterocycles. The van der Waals surface area contributed by atoms with Crippen molar-refractivity contribution in [2.75, 3.05) is 46.6 Å². The fourth-order valence-corrected chi connectivity index (χ4v) is 1.56. The van der Waals surface area contributed by atoms with Crippen molar-refractivity contribution >= 4 is 5.96 Å². The van der Waals surface area contributed by atoms with Gasteiger partial charge in [-0.05, 0) is 32.1 Å². The smallest absolute Gasteiger partial charge is 0.193 e. The molecule has 1 N–H and O–H groups in total. The summed E-state index contributed by atoms with van der Waals surface area (Å²) in [5.41, 5.74) is 0. The van der Waals surface area contributed by atoms with Crippen LogP contribution in [-0.4, -0.2) is 57.4 Å². The van der Waals surface area contributed by atoms with Crippen LogP contribution < -0.4 is 5.32 Å². The van der Waals surface area contributed by atoms with E-state index in [4.69, 9.17) is 4.74 Å². The maximum Gasteiger partial charge on any atom is 0.193 e. The number of nitrogens with zero attached hydrogens (tertiary/aromatic N) is 2. The highest BCUT2D eigenvalue weighted by Crippen LogP contribution is 2.28. The van der Waals surface area contributed by atoms with Gasteiger partial charge in [-0.1, -0.05) is 0 Å². The first kappa shape index (κ1) is 15.2. The minimum Gasteiger partial charge on any atom is -0.379 e. The van der Waals surface area contributed by atoms with Gasteiger partial charge in [-0.3, -0.25) is 9.38 Å². The van der Waals surface area contributed by atoms with Crippen molar-refractivity contribution in [2.45, 2.75) is 26.2 Å². The first-order valence-corrected chi connectivity index (χ1v) is 6.91. The van der Waals surface area contributed by atoms with Gasteiger partial charge in [-0.15, -0.1) is 0 Å². The van der Waals surface area contributed by atoms with E-state index in [-0.39, 0.29) is 6.67 Å². The summed E-state index contributed by atoms with van der Waals surface area (Å²) in [6.07, 6.45) is 3.13. The van der Waals surface area contributed by atoms with Gasteiger partial charge in [0.05, 0.1) is 13.3 Å². The van der Waals surface area contributed by atoms with Crippen molar-refractivity contribution in [1.82, 2.24) is 10.2 Å². The molecule has 0 saturated heterocycles. The molecule has 0 aromatic carbocycles. The summed E-state index contributed by atoms with van der Waals surface area (Å²) >= 11 is 0. The lowest BCUT2D eigenvalue weighted by atomic mass is 10.4. The third-order valence-corrected chi connectivity index (χ3v) is 2.87. The summed E-state index contributed by atoms with van der Waals surface area (Å²) < 4.78 is 17.6. The number of hydrogen-bond donors (Lipinski definition) is 1. The Morgan fingerprint density at radius 3 is 2.89 bits per heavy atom. The first-order chi connectivity index (χ1) is 8.77. The summed E-state index contributed by atoms with van der Waals surface area (Å²) in [4.78, 5) is 6.40. The lowest BCUT2D eigenvalue weighted by Gasteiger charge is -2.21. The molecule has 0 radical (unpaired) electrons. The fraction of sp³-hybridized carbons (Fsp3) is 0.923. The number of guanidine groups is 1. The quantitative estimate of drug-likeness (QED) is 0.389. The summed E-state index contributed by atoms with van der Waals surface area (Å²) in [6, 6.07) is 0. The van der Waals surface area contributed by atoms with Crippen molar-refractivity contribution in [3.05, 3.63) is 0 Å². The molecule has 1 saturated carbocycles. The maximum atomic E-state index is 12.0. The number of aliphatic imine (C=N–C) groups is 1. The Hall–Kier alpha value is -0.840. The van der Waals surface area contributed by atoms with Crippen LogP contribution in [0.25, 0.3) is 0 Å². The topological polar surface area (TPSA) is 36.9 Å². The van der Waals surface area contributed by atoms with Crippen LogP contribution >= 0.6 is 0 Å². The number of hydrogen-bond acceptors (Lipinski definition) is 2. The second-order valence-corrected chi connectivity index (χ2v) is 4.72. The zero-order chi connectivity index (χ0) is 13.2. The molecule has 1 aliphatic rings. The van der Waals surface area contributed by atoms with Crippen molar-refractivity contribution in [2.24, 2.45) is 10.9 Å². The van der Waals surface area contributed by atoms with Crippen LogP contribution in [0.2, 0.25) is 0 Å². The van der Waals surface area contributed by atoms with Gasteiger partial charge < -0.3 is 15.0 Å². The lowest BCUT2D eigenvalue weighted by molar-refractivity contribution is 0.115. The van der Waals surface area contributed by atoms with Crippen LogP contribution in [0.15, 0.2) is 4.99 Å². The normalized spacial score (nSPS) is 15.8. The number of halogens is 1. The first-order valence-electron chi connectivity index (χ1n) is 6.91. The van der Waals surface area contributed by atoms with Crippen LogP contribution in [0.1, 0.15) is 26.2 Å². The molecule has 0 amide bonds. The summed E-state index contributed by atoms with van der Waals surface area (Å²) in [5.74, 6) is 1.64. The highest BCUT2D eigenvalue weighted by atomic mass is 19.1. The van der Waals surface area contributed by atoms with E-state index in [0.29, 0.717) is 13.0 Å². The van der Waals surface area contributed by atoms with Crippen LogP contribution in [0.5, 0.6) is 0 Å². The molecule has 1 fully saturated rings. The van der Waals surface area contributed by atoms with E-state index in [1.54, 1.807) is 0 Å². The predicted octanol–water partition coefficient (Wildman–Crippen LogP) is 1.67. The minimum absolute atomic E-state index is 0.308. The minimum atomic E-state index is -0.308. The summed E-state index contributed by atoms with van der Waals surface area (Å²) in [6.45, 7) is 5.51. The number of nitrogens with one attached hydrogen (secondary N) is 1. The van der Waals surface area contributed by atoms with Gasteiger partial charge in [-0.2, -0.15) is 0 Å². The van der Waals surface area contributed by atoms with Crippen LogP contribution in [-0.2, 0) is 4.74 Å². The van der Waals surface area contributed by atoms with Crippen LogP contribution in [0.3, 0.4) is 0 Å². The standard InChI is InChI=1S/C13H26FN3O/c1-3-15-13(16-8-4-7-14)17(2)9-10-18-11-12-5-6-12/h12H,3-11H2,1-2H3,(H,15,16). The molecule has 18 heavy (non-hydrogen) atoms. The second kappa shape index (κ2) is 9.14. The Morgan fingerprint density at radius 2 is 2.28 bits per heavy atom. The molecular weight excluding hydrogens is 233 g/mol. The highest BCUT2D eigenvalue weighted by molar-refractivity contribution is 5.79. The summed E-state index contributed by atoms with van der Waals surface area (Å²) in [7, 11) is 1.98. The Labute approximate surface area is 110 Å². The van der Waals surface area contributed by atoms with E-state index in [1.165, 1.54) is 12.8 Å². The average Bonchev–Trinajstić information content (AvgIpc) is 3.17. The summed E-state index contributed by atoms with van der Waals surface area (Å²) in [5, 5.41) is 3.20. The fourth-order valence-electron chi connectivity index (χ4n) is 1.56. The zero-order valence-corrected chi connectivity index (χ0v) is 11.6. The molecule has 4 nitrogen and oxygen atoms in total. The second-order valence-electron chi connectivity index (χ2n) is 4.72. The number of alkyl halides is 1. The monoisotopic (exact) mass is 259 g/mol. The van der Waals surface area contributed by atoms with Crippen molar-refractivity contribution in [3.8, 4) is 0 Å². The number of rotatable bonds is 9. The molecule has 0 unspecified atom stereocenters. The molecular formula is C13H26FN3O. The number of ether oxygens (including phenoxy) is 1. The van der Waals surface area contributed by atoms with E-state index >= 15 is 0 Å². The Morgan fingerprint density at radius 1 is 1.50 bits per heavy atom. The van der Waals surface area contributed by atoms with Crippen LogP contribution in [0.4, 0.5) is 4.39 Å². The third-order valence-electron chi connectivity index (χ3n) is 2.87. The van der Waals surface area contributed by atoms with Gasteiger partial charge in [0.25, 0.3) is 0 Å². The Kier molecular flexibility index (Phi) is 7.73. The van der Waals surface area contributed by atoms with E-state index in [2.05, 4.69) is 10.3 Å². The van der Waals surface area contributed by atoms with Crippen LogP contribution in [0, 0.1) is 5.92 Å². The van der Waals surface area contributed by atoms with E-state index < -0.39 is 0 Å². The third kappa shape index (κ3) is 6.79. The van der Waals surface area contributed by atoms with Gasteiger partial charge in [0.2, 0.25) is 0 Å². The zero-order valence-electron chi connectivity index (χ0n) is 11.6. The highest BCUT2D eigenvalue weighted by Gasteiger charge is 2.21. The molecule has 0 bridgehead atoms. The van der Waals surface area contributed by atoms with Gasteiger partial charge in [0, 0.05) is 33.3 Å². The SMILES string of the molecule is CCNC(=NCCCF)N(C)CCOCC1CC1. The molecule has 0 atom stereocenters. The van der Waals surface area contributed by atoms with Gasteiger partial charge in [-0.25, -0.2) is 0 Å². The molecule has 0 aliphatic heterocycles. The van der Waals surface area contributed by atoms with Gasteiger partial charge in [0.15, 0.2) is 5.96 Å². The van der Waals surface area contributed by atoms with Crippen molar-refractivity contribution in [1.29, 1.82) is 0 Å². The van der Waals surface area contributed by atoms with E-state index in [0.717, 1.165) is 38.2 Å². The van der Waals surface area contributed by atoms with E-state index in [9.17, 15) is 4.39 Å². The Bertz CT molecular complexity index is 244. The van der Waals surface area contributed by atoms with Crippen molar-refractivity contribution in [3.63, 3.8) is 0 Å². The predicted molar refractivity (Wildman–Crippen MR) is 72.7 cm³/mol. The molecule has 0 aromatic rings. The lowest BCUT2D eigenvalue weighted by Crippen LogP contribution is -2.40. The average molecular weight is 259 g/mol. The molecule has 0 spiro atoms. The van der Waals surface area contributed by atoms with Gasteiger partial charge in [0.1, 0.15) is 0 Å². The van der Waals surface area contributed by atoms with Gasteiger partial charge >= 0.3 is 0 Å². The maximum absolute atomic E-state index is 12.0. The Balaban J connectivity index is 2.18. The molecule has 106 valence electrons. The molecule has 1 aliphatic carbocycles. The van der Waals surface area contributed by atoms with E-state index in [1.807, 2.05) is 18.9 Å². The molecule has 1 rings (SSSR count). The van der Waals surface area contributed by atoms with Crippen molar-refractivity contribution < 1.29 is 9.13 Å². The molecule has 5 heteroatoms. The molecule has 0 aromatic heterocycles.